The van der Waals surface area contributed by atoms with Crippen LogP contribution in [0.25, 0.3) is 0 Å². The van der Waals surface area contributed by atoms with Crippen LogP contribution >= 0.6 is 0 Å². The van der Waals surface area contributed by atoms with Gasteiger partial charge in [0.05, 0.1) is 0 Å². The van der Waals surface area contributed by atoms with Crippen molar-refractivity contribution < 1.29 is 4.21 Å². The Morgan fingerprint density at radius 3 is 2.58 bits per heavy atom. The minimum atomic E-state index is -0.673. The Kier molecular flexibility index (Phi) is 11.3. The minimum Gasteiger partial charge on any atom is -0.357 e. The number of nitrogens with one attached hydrogen (secondary N) is 2. The van der Waals surface area contributed by atoms with E-state index < -0.39 is 10.8 Å². The Balaban J connectivity index is 2.46. The summed E-state index contributed by atoms with van der Waals surface area (Å²) in [5.41, 5.74) is 0. The molecule has 0 aromatic carbocycles. The Bertz CT molecular complexity index is 385. The molecule has 0 heterocycles. The molecule has 0 aromatic heterocycles. The van der Waals surface area contributed by atoms with Crippen LogP contribution < -0.4 is 10.6 Å². The highest BCUT2D eigenvalue weighted by molar-refractivity contribution is 7.85. The SMILES string of the molecule is CCNC(=NCCCN(CC)CC)NC1CCCC(S(=O)CC)C1. The molecular formula is C18H38N4OS. The van der Waals surface area contributed by atoms with E-state index in [1.165, 1.54) is 0 Å². The van der Waals surface area contributed by atoms with Gasteiger partial charge in [-0.3, -0.25) is 9.20 Å². The molecule has 0 aromatic rings. The van der Waals surface area contributed by atoms with E-state index in [9.17, 15) is 4.21 Å². The molecule has 0 aliphatic heterocycles. The van der Waals surface area contributed by atoms with Crippen molar-refractivity contribution in [1.29, 1.82) is 0 Å². The Hall–Kier alpha value is -0.620. The molecule has 1 fully saturated rings. The molecule has 5 nitrogen and oxygen atoms in total. The maximum Gasteiger partial charge on any atom is 0.191 e. The Labute approximate surface area is 151 Å². The number of hydrogen-bond acceptors (Lipinski definition) is 3. The third kappa shape index (κ3) is 7.97. The first kappa shape index (κ1) is 21.4. The minimum absolute atomic E-state index is 0.354. The fourth-order valence-corrected chi connectivity index (χ4v) is 4.64. The summed E-state index contributed by atoms with van der Waals surface area (Å²) >= 11 is 0. The highest BCUT2D eigenvalue weighted by Gasteiger charge is 2.25. The molecule has 24 heavy (non-hydrogen) atoms. The highest BCUT2D eigenvalue weighted by Crippen LogP contribution is 2.22. The van der Waals surface area contributed by atoms with Gasteiger partial charge < -0.3 is 15.5 Å². The van der Waals surface area contributed by atoms with E-state index in [2.05, 4.69) is 36.3 Å². The zero-order valence-electron chi connectivity index (χ0n) is 16.1. The van der Waals surface area contributed by atoms with Crippen molar-refractivity contribution in [3.8, 4) is 0 Å². The number of rotatable bonds is 10. The number of aliphatic imine (C=N–C) groups is 1. The lowest BCUT2D eigenvalue weighted by molar-refractivity contribution is 0.302. The van der Waals surface area contributed by atoms with Gasteiger partial charge in [-0.05, 0) is 52.2 Å². The zero-order chi connectivity index (χ0) is 17.8. The van der Waals surface area contributed by atoms with Crippen molar-refractivity contribution in [3.05, 3.63) is 0 Å². The summed E-state index contributed by atoms with van der Waals surface area (Å²) < 4.78 is 12.1. The number of nitrogens with zero attached hydrogens (tertiary/aromatic N) is 2. The molecule has 0 radical (unpaired) electrons. The number of hydrogen-bond donors (Lipinski definition) is 2. The summed E-state index contributed by atoms with van der Waals surface area (Å²) in [7, 11) is -0.673. The normalized spacial score (nSPS) is 23.3. The molecule has 142 valence electrons. The molecule has 3 atom stereocenters. The van der Waals surface area contributed by atoms with Gasteiger partial charge >= 0.3 is 0 Å². The molecule has 1 aliphatic rings. The summed E-state index contributed by atoms with van der Waals surface area (Å²) in [5.74, 6) is 1.70. The van der Waals surface area contributed by atoms with E-state index in [0.29, 0.717) is 11.3 Å². The van der Waals surface area contributed by atoms with Crippen LogP contribution in [0.2, 0.25) is 0 Å². The van der Waals surface area contributed by atoms with Gasteiger partial charge in [-0.15, -0.1) is 0 Å². The second-order valence-electron chi connectivity index (χ2n) is 6.44. The summed E-state index contributed by atoms with van der Waals surface area (Å²) in [6.07, 6.45) is 5.52. The van der Waals surface area contributed by atoms with Crippen LogP contribution in [0.1, 0.15) is 59.8 Å². The summed E-state index contributed by atoms with van der Waals surface area (Å²) in [6, 6.07) is 0.403. The maximum atomic E-state index is 12.1. The second kappa shape index (κ2) is 12.7. The average molecular weight is 359 g/mol. The van der Waals surface area contributed by atoms with Crippen molar-refractivity contribution in [2.45, 2.75) is 71.1 Å². The summed E-state index contributed by atoms with van der Waals surface area (Å²) in [5, 5.41) is 7.28. The van der Waals surface area contributed by atoms with Crippen molar-refractivity contribution >= 4 is 16.8 Å². The molecule has 0 amide bonds. The molecular weight excluding hydrogens is 320 g/mol. The van der Waals surface area contributed by atoms with Gasteiger partial charge in [-0.2, -0.15) is 0 Å². The standard InChI is InChI=1S/C18H38N4OS/c1-5-19-18(20-13-10-14-22(6-2)7-3)21-16-11-9-12-17(15-16)24(23)8-4/h16-17H,5-15H2,1-4H3,(H2,19,20,21). The van der Waals surface area contributed by atoms with Crippen molar-refractivity contribution in [2.24, 2.45) is 4.99 Å². The van der Waals surface area contributed by atoms with Crippen LogP contribution in [0.3, 0.4) is 0 Å². The van der Waals surface area contributed by atoms with Gasteiger partial charge in [-0.25, -0.2) is 0 Å². The largest absolute Gasteiger partial charge is 0.357 e. The van der Waals surface area contributed by atoms with Crippen molar-refractivity contribution in [2.75, 3.05) is 38.5 Å². The molecule has 2 N–H and O–H groups in total. The molecule has 1 rings (SSSR count). The topological polar surface area (TPSA) is 56.7 Å². The number of guanidine groups is 1. The average Bonchev–Trinajstić information content (AvgIpc) is 2.61. The smallest absolute Gasteiger partial charge is 0.191 e. The molecule has 3 unspecified atom stereocenters. The van der Waals surface area contributed by atoms with E-state index in [4.69, 9.17) is 4.99 Å². The summed E-state index contributed by atoms with van der Waals surface area (Å²) in [4.78, 5) is 7.16. The van der Waals surface area contributed by atoms with Crippen LogP contribution in [0.15, 0.2) is 4.99 Å². The first-order valence-electron chi connectivity index (χ1n) is 9.78. The lowest BCUT2D eigenvalue weighted by atomic mass is 9.95. The predicted molar refractivity (Wildman–Crippen MR) is 106 cm³/mol. The van der Waals surface area contributed by atoms with Crippen LogP contribution in [-0.2, 0) is 10.8 Å². The molecule has 0 saturated heterocycles. The van der Waals surface area contributed by atoms with E-state index >= 15 is 0 Å². The van der Waals surface area contributed by atoms with Crippen LogP contribution in [0.4, 0.5) is 0 Å². The van der Waals surface area contributed by atoms with E-state index in [-0.39, 0.29) is 0 Å². The van der Waals surface area contributed by atoms with E-state index in [1.807, 2.05) is 6.92 Å². The van der Waals surface area contributed by atoms with Crippen LogP contribution in [0.5, 0.6) is 0 Å². The third-order valence-corrected chi connectivity index (χ3v) is 6.51. The Morgan fingerprint density at radius 2 is 1.96 bits per heavy atom. The highest BCUT2D eigenvalue weighted by atomic mass is 32.2. The zero-order valence-corrected chi connectivity index (χ0v) is 17.0. The van der Waals surface area contributed by atoms with Crippen molar-refractivity contribution in [3.63, 3.8) is 0 Å². The summed E-state index contributed by atoms with van der Waals surface area (Å²) in [6.45, 7) is 13.6. The molecule has 6 heteroatoms. The third-order valence-electron chi connectivity index (χ3n) is 4.76. The fourth-order valence-electron chi connectivity index (χ4n) is 3.29. The molecule has 1 saturated carbocycles. The van der Waals surface area contributed by atoms with Gasteiger partial charge in [0.2, 0.25) is 0 Å². The molecule has 0 bridgehead atoms. The van der Waals surface area contributed by atoms with Gasteiger partial charge in [0, 0.05) is 40.9 Å². The van der Waals surface area contributed by atoms with Gasteiger partial charge in [0.1, 0.15) is 0 Å². The van der Waals surface area contributed by atoms with Crippen LogP contribution in [0, 0.1) is 0 Å². The quantitative estimate of drug-likeness (QED) is 0.358. The molecule has 0 spiro atoms. The molecule has 1 aliphatic carbocycles. The monoisotopic (exact) mass is 358 g/mol. The van der Waals surface area contributed by atoms with E-state index in [1.54, 1.807) is 0 Å². The first-order valence-corrected chi connectivity index (χ1v) is 11.2. The second-order valence-corrected chi connectivity index (χ2v) is 8.45. The van der Waals surface area contributed by atoms with Gasteiger partial charge in [0.25, 0.3) is 0 Å². The lowest BCUT2D eigenvalue weighted by Gasteiger charge is -2.30. The first-order chi connectivity index (χ1) is 11.6. The predicted octanol–water partition coefficient (Wildman–Crippen LogP) is 2.35. The van der Waals surface area contributed by atoms with Gasteiger partial charge in [-0.1, -0.05) is 27.2 Å². The van der Waals surface area contributed by atoms with E-state index in [0.717, 1.165) is 76.5 Å². The van der Waals surface area contributed by atoms with Crippen LogP contribution in [-0.4, -0.2) is 64.8 Å². The van der Waals surface area contributed by atoms with Gasteiger partial charge in [0.15, 0.2) is 5.96 Å². The fraction of sp³-hybridized carbons (Fsp3) is 0.944. The Morgan fingerprint density at radius 1 is 1.21 bits per heavy atom. The maximum absolute atomic E-state index is 12.1. The van der Waals surface area contributed by atoms with Crippen molar-refractivity contribution in [1.82, 2.24) is 15.5 Å². The lowest BCUT2D eigenvalue weighted by Crippen LogP contribution is -2.46.